The Morgan fingerprint density at radius 1 is 1.21 bits per heavy atom. The summed E-state index contributed by atoms with van der Waals surface area (Å²) in [4.78, 5) is 2.22. The molecule has 1 aliphatic carbocycles. The van der Waals surface area contributed by atoms with Crippen molar-refractivity contribution in [2.45, 2.75) is 46.5 Å². The van der Waals surface area contributed by atoms with Crippen LogP contribution in [0.4, 0.5) is 5.69 Å². The zero-order chi connectivity index (χ0) is 17.7. The maximum Gasteiger partial charge on any atom is 0.0890 e. The number of hydrogen-bond acceptors (Lipinski definition) is 1. The van der Waals surface area contributed by atoms with E-state index in [9.17, 15) is 0 Å². The molecule has 0 bridgehead atoms. The molecule has 0 unspecified atom stereocenters. The van der Waals surface area contributed by atoms with Gasteiger partial charge in [0.25, 0.3) is 0 Å². The van der Waals surface area contributed by atoms with Crippen molar-refractivity contribution in [1.29, 1.82) is 0 Å². The molecule has 0 aliphatic heterocycles. The second-order valence-electron chi connectivity index (χ2n) is 7.65. The molecule has 0 saturated carbocycles. The molecule has 24 heavy (non-hydrogen) atoms. The topological polar surface area (TPSA) is 3.24 Å². The molecule has 0 spiro atoms. The average Bonchev–Trinajstić information content (AvgIpc) is 3.04. The van der Waals surface area contributed by atoms with Crippen LogP contribution in [0, 0.1) is 5.92 Å². The predicted molar refractivity (Wildman–Crippen MR) is 106 cm³/mol. The first-order valence-corrected chi connectivity index (χ1v) is 8.69. The lowest BCUT2D eigenvalue weighted by Gasteiger charge is -2.27. The van der Waals surface area contributed by atoms with E-state index in [-0.39, 0.29) is 5.41 Å². The van der Waals surface area contributed by atoms with E-state index in [0.29, 0.717) is 5.92 Å². The SMILES string of the molecule is C=C/C(=C\CC(C)C)N(C1=C=CC=C1)c1ccc(C(C)(C)C)cc1. The third-order valence-corrected chi connectivity index (χ3v) is 4.08. The van der Waals surface area contributed by atoms with Crippen molar-refractivity contribution in [3.8, 4) is 0 Å². The summed E-state index contributed by atoms with van der Waals surface area (Å²) in [6.45, 7) is 15.2. The van der Waals surface area contributed by atoms with Gasteiger partial charge in [-0.25, -0.2) is 0 Å². The minimum Gasteiger partial charge on any atom is -0.304 e. The molecule has 0 saturated heterocycles. The Hall–Kier alpha value is -2.24. The van der Waals surface area contributed by atoms with Crippen LogP contribution in [0.5, 0.6) is 0 Å². The van der Waals surface area contributed by atoms with Crippen molar-refractivity contribution < 1.29 is 0 Å². The van der Waals surface area contributed by atoms with E-state index in [2.05, 4.69) is 88.2 Å². The van der Waals surface area contributed by atoms with Crippen LogP contribution in [-0.2, 0) is 5.41 Å². The highest BCUT2D eigenvalue weighted by Gasteiger charge is 2.17. The first kappa shape index (κ1) is 18.1. The highest BCUT2D eigenvalue weighted by Crippen LogP contribution is 2.30. The minimum absolute atomic E-state index is 0.157. The van der Waals surface area contributed by atoms with Gasteiger partial charge in [0, 0.05) is 11.4 Å². The van der Waals surface area contributed by atoms with Crippen LogP contribution in [0.15, 0.2) is 78.3 Å². The Balaban J connectivity index is 2.44. The van der Waals surface area contributed by atoms with Gasteiger partial charge in [-0.15, -0.1) is 0 Å². The molecule has 1 aromatic rings. The summed E-state index contributed by atoms with van der Waals surface area (Å²) in [6, 6.07) is 8.81. The number of anilines is 1. The molecule has 0 heterocycles. The average molecular weight is 319 g/mol. The Morgan fingerprint density at radius 3 is 2.33 bits per heavy atom. The van der Waals surface area contributed by atoms with Gasteiger partial charge in [-0.05, 0) is 53.7 Å². The number of rotatable bonds is 6. The normalized spacial score (nSPS) is 14.2. The second-order valence-corrected chi connectivity index (χ2v) is 7.65. The fourth-order valence-electron chi connectivity index (χ4n) is 2.62. The van der Waals surface area contributed by atoms with E-state index in [1.54, 1.807) is 0 Å². The summed E-state index contributed by atoms with van der Waals surface area (Å²) in [7, 11) is 0. The zero-order valence-electron chi connectivity index (χ0n) is 15.6. The molecule has 1 aromatic carbocycles. The van der Waals surface area contributed by atoms with Crippen LogP contribution >= 0.6 is 0 Å². The van der Waals surface area contributed by atoms with Gasteiger partial charge in [0.2, 0.25) is 0 Å². The Kier molecular flexibility index (Phi) is 5.70. The van der Waals surface area contributed by atoms with Gasteiger partial charge in [0.05, 0.1) is 5.70 Å². The van der Waals surface area contributed by atoms with Gasteiger partial charge in [0.15, 0.2) is 0 Å². The Morgan fingerprint density at radius 2 is 1.88 bits per heavy atom. The molecule has 0 fully saturated rings. The van der Waals surface area contributed by atoms with Crippen LogP contribution in [0.25, 0.3) is 0 Å². The van der Waals surface area contributed by atoms with E-state index in [1.165, 1.54) is 5.56 Å². The summed E-state index contributed by atoms with van der Waals surface area (Å²) in [6.07, 6.45) is 11.3. The van der Waals surface area contributed by atoms with Crippen LogP contribution in [0.2, 0.25) is 0 Å². The fourth-order valence-corrected chi connectivity index (χ4v) is 2.62. The summed E-state index contributed by atoms with van der Waals surface area (Å²) < 4.78 is 0. The van der Waals surface area contributed by atoms with Gasteiger partial charge in [-0.1, -0.05) is 71.2 Å². The molecule has 0 N–H and O–H groups in total. The van der Waals surface area contributed by atoms with Crippen molar-refractivity contribution in [1.82, 2.24) is 0 Å². The zero-order valence-corrected chi connectivity index (χ0v) is 15.6. The third-order valence-electron chi connectivity index (χ3n) is 4.08. The molecule has 0 radical (unpaired) electrons. The minimum atomic E-state index is 0.157. The molecule has 0 atom stereocenters. The van der Waals surface area contributed by atoms with Crippen molar-refractivity contribution in [2.24, 2.45) is 5.92 Å². The molecule has 0 amide bonds. The van der Waals surface area contributed by atoms with E-state index in [0.717, 1.165) is 23.5 Å². The lowest BCUT2D eigenvalue weighted by Crippen LogP contribution is -2.20. The molecule has 1 heteroatoms. The maximum atomic E-state index is 4.03. The molecule has 1 nitrogen and oxygen atoms in total. The van der Waals surface area contributed by atoms with Crippen molar-refractivity contribution in [3.63, 3.8) is 0 Å². The molecular weight excluding hydrogens is 290 g/mol. The van der Waals surface area contributed by atoms with Crippen LogP contribution in [-0.4, -0.2) is 0 Å². The van der Waals surface area contributed by atoms with E-state index >= 15 is 0 Å². The van der Waals surface area contributed by atoms with Gasteiger partial charge < -0.3 is 4.90 Å². The third kappa shape index (κ3) is 4.40. The van der Waals surface area contributed by atoms with Gasteiger partial charge >= 0.3 is 0 Å². The first-order valence-electron chi connectivity index (χ1n) is 8.69. The highest BCUT2D eigenvalue weighted by molar-refractivity contribution is 5.64. The quantitative estimate of drug-likeness (QED) is 0.426. The number of nitrogens with zero attached hydrogens (tertiary/aromatic N) is 1. The fraction of sp³-hybridized carbons (Fsp3) is 0.348. The monoisotopic (exact) mass is 319 g/mol. The first-order chi connectivity index (χ1) is 11.3. The molecular formula is C23H29N. The Bertz CT molecular complexity index is 699. The lowest BCUT2D eigenvalue weighted by molar-refractivity contribution is 0.590. The molecule has 126 valence electrons. The largest absolute Gasteiger partial charge is 0.304 e. The second kappa shape index (κ2) is 7.55. The van der Waals surface area contributed by atoms with E-state index in [1.807, 2.05) is 18.2 Å². The maximum absolute atomic E-state index is 4.03. The number of allylic oxidation sites excluding steroid dienone is 4. The smallest absolute Gasteiger partial charge is 0.0890 e. The van der Waals surface area contributed by atoms with E-state index < -0.39 is 0 Å². The molecule has 2 rings (SSSR count). The van der Waals surface area contributed by atoms with Gasteiger partial charge in [0.1, 0.15) is 0 Å². The highest BCUT2D eigenvalue weighted by atomic mass is 15.1. The Labute approximate surface area is 147 Å². The predicted octanol–water partition coefficient (Wildman–Crippen LogP) is 6.52. The molecule has 0 aromatic heterocycles. The van der Waals surface area contributed by atoms with Gasteiger partial charge in [-0.2, -0.15) is 0 Å². The van der Waals surface area contributed by atoms with Crippen LogP contribution < -0.4 is 4.90 Å². The van der Waals surface area contributed by atoms with Crippen LogP contribution in [0.3, 0.4) is 0 Å². The number of benzene rings is 1. The van der Waals surface area contributed by atoms with Crippen molar-refractivity contribution in [2.75, 3.05) is 4.90 Å². The van der Waals surface area contributed by atoms with Gasteiger partial charge in [-0.3, -0.25) is 0 Å². The standard InChI is InChI=1S/C23H29N/c1-7-20(15-12-18(2)3)24(21-10-8-9-11-21)22-16-13-19(14-17-22)23(4,5)6/h7-10,13-18H,1,12H2,2-6H3/b20-15+. The van der Waals surface area contributed by atoms with Crippen molar-refractivity contribution in [3.05, 3.63) is 83.9 Å². The summed E-state index contributed by atoms with van der Waals surface area (Å²) in [5.74, 6) is 0.619. The van der Waals surface area contributed by atoms with Crippen LogP contribution in [0.1, 0.15) is 46.6 Å². The number of hydrogen-bond donors (Lipinski definition) is 0. The summed E-state index contributed by atoms with van der Waals surface area (Å²) >= 11 is 0. The lowest BCUT2D eigenvalue weighted by atomic mass is 9.87. The van der Waals surface area contributed by atoms with Crippen molar-refractivity contribution >= 4 is 5.69 Å². The molecule has 1 aliphatic rings. The van der Waals surface area contributed by atoms with E-state index in [4.69, 9.17) is 0 Å². The summed E-state index contributed by atoms with van der Waals surface area (Å²) in [5.41, 5.74) is 8.11. The summed E-state index contributed by atoms with van der Waals surface area (Å²) in [5, 5.41) is 0.